The summed E-state index contributed by atoms with van der Waals surface area (Å²) < 4.78 is 29.4. The predicted molar refractivity (Wildman–Crippen MR) is 79.9 cm³/mol. The summed E-state index contributed by atoms with van der Waals surface area (Å²) in [5.74, 6) is -1.72. The number of imidazole rings is 1. The van der Waals surface area contributed by atoms with E-state index in [1.165, 1.54) is 16.5 Å². The van der Waals surface area contributed by atoms with Gasteiger partial charge in [0.05, 0.1) is 12.1 Å². The van der Waals surface area contributed by atoms with Gasteiger partial charge in [0.2, 0.25) is 0 Å². The van der Waals surface area contributed by atoms with Crippen LogP contribution in [0, 0.1) is 30.3 Å². The maximum Gasteiger partial charge on any atom is 0.184 e. The molecule has 0 radical (unpaired) electrons. The number of nitrogens with zero attached hydrogens (tertiary/aromatic N) is 1. The van der Waals surface area contributed by atoms with E-state index in [4.69, 9.17) is 12.2 Å². The topological polar surface area (TPSA) is 20.7 Å². The van der Waals surface area contributed by atoms with Crippen molar-refractivity contribution in [1.82, 2.24) is 9.55 Å². The summed E-state index contributed by atoms with van der Waals surface area (Å²) in [4.78, 5) is 5.20. The molecular weight excluding hydrogens is 298 g/mol. The maximum absolute atomic E-state index is 14.0. The fourth-order valence-electron chi connectivity index (χ4n) is 2.22. The van der Waals surface area contributed by atoms with Gasteiger partial charge in [-0.05, 0) is 49.8 Å². The van der Waals surface area contributed by atoms with Gasteiger partial charge in [0.25, 0.3) is 0 Å². The van der Waals surface area contributed by atoms with Gasteiger partial charge in [-0.15, -0.1) is 11.3 Å². The van der Waals surface area contributed by atoms with Crippen LogP contribution in [0.25, 0.3) is 11.0 Å². The molecule has 3 aromatic rings. The molecule has 3 rings (SSSR count). The molecule has 0 fully saturated rings. The monoisotopic (exact) mass is 310 g/mol. The molecule has 1 aromatic carbocycles. The van der Waals surface area contributed by atoms with Crippen molar-refractivity contribution in [2.45, 2.75) is 20.4 Å². The minimum atomic E-state index is -0.862. The number of aromatic amines is 1. The summed E-state index contributed by atoms with van der Waals surface area (Å²) >= 11 is 6.86. The number of hydrogen-bond acceptors (Lipinski definition) is 2. The number of aromatic nitrogens is 2. The smallest absolute Gasteiger partial charge is 0.184 e. The van der Waals surface area contributed by atoms with Crippen molar-refractivity contribution in [2.24, 2.45) is 0 Å². The molecule has 0 spiro atoms. The van der Waals surface area contributed by atoms with Crippen LogP contribution >= 0.6 is 23.6 Å². The number of nitrogens with one attached hydrogen (secondary N) is 1. The van der Waals surface area contributed by atoms with Crippen LogP contribution in [0.2, 0.25) is 0 Å². The second-order valence-electron chi connectivity index (χ2n) is 4.73. The van der Waals surface area contributed by atoms with Gasteiger partial charge in [0.1, 0.15) is 5.52 Å². The minimum Gasteiger partial charge on any atom is -0.330 e. The molecule has 0 unspecified atom stereocenters. The number of thiophene rings is 1. The SMILES string of the molecule is Cc1cc(Cn2c(=S)[nH]c3ccc(F)c(F)c32)sc1C. The third-order valence-corrected chi connectivity index (χ3v) is 4.82. The van der Waals surface area contributed by atoms with E-state index in [2.05, 4.69) is 11.1 Å². The van der Waals surface area contributed by atoms with E-state index in [9.17, 15) is 8.78 Å². The van der Waals surface area contributed by atoms with Gasteiger partial charge in [0.15, 0.2) is 16.4 Å². The van der Waals surface area contributed by atoms with Crippen molar-refractivity contribution < 1.29 is 8.78 Å². The molecule has 0 saturated heterocycles. The molecule has 0 aliphatic rings. The fraction of sp³-hybridized carbons (Fsp3) is 0.214. The summed E-state index contributed by atoms with van der Waals surface area (Å²) in [6.45, 7) is 4.51. The lowest BCUT2D eigenvalue weighted by atomic mass is 10.2. The van der Waals surface area contributed by atoms with Crippen molar-refractivity contribution in [3.63, 3.8) is 0 Å². The summed E-state index contributed by atoms with van der Waals surface area (Å²) in [5, 5.41) is 0. The summed E-state index contributed by atoms with van der Waals surface area (Å²) in [5.41, 5.74) is 1.90. The lowest BCUT2D eigenvalue weighted by Gasteiger charge is -2.03. The second kappa shape index (κ2) is 4.79. The zero-order valence-corrected chi connectivity index (χ0v) is 12.6. The number of aryl methyl sites for hydroxylation is 2. The van der Waals surface area contributed by atoms with E-state index in [0.717, 1.165) is 10.9 Å². The highest BCUT2D eigenvalue weighted by atomic mass is 32.1. The van der Waals surface area contributed by atoms with Crippen LogP contribution < -0.4 is 0 Å². The van der Waals surface area contributed by atoms with Gasteiger partial charge in [-0.25, -0.2) is 8.78 Å². The van der Waals surface area contributed by atoms with E-state index in [-0.39, 0.29) is 5.52 Å². The number of fused-ring (bicyclic) bond motifs is 1. The van der Waals surface area contributed by atoms with Crippen LogP contribution in [0.15, 0.2) is 18.2 Å². The quantitative estimate of drug-likeness (QED) is 0.680. The van der Waals surface area contributed by atoms with Crippen LogP contribution in [-0.4, -0.2) is 9.55 Å². The van der Waals surface area contributed by atoms with Crippen molar-refractivity contribution in [1.29, 1.82) is 0 Å². The first-order valence-electron chi connectivity index (χ1n) is 6.10. The Morgan fingerprint density at radius 2 is 2.05 bits per heavy atom. The van der Waals surface area contributed by atoms with Gasteiger partial charge in [-0.3, -0.25) is 0 Å². The molecule has 6 heteroatoms. The average Bonchev–Trinajstić information content (AvgIpc) is 2.87. The first-order valence-corrected chi connectivity index (χ1v) is 7.32. The number of hydrogen-bond donors (Lipinski definition) is 1. The molecule has 20 heavy (non-hydrogen) atoms. The number of H-pyrrole nitrogens is 1. The molecule has 0 aliphatic heterocycles. The highest BCUT2D eigenvalue weighted by Gasteiger charge is 2.14. The Labute approximate surface area is 123 Å². The van der Waals surface area contributed by atoms with Crippen LogP contribution in [0.4, 0.5) is 8.78 Å². The first-order chi connectivity index (χ1) is 9.47. The van der Waals surface area contributed by atoms with E-state index in [0.29, 0.717) is 16.8 Å². The van der Waals surface area contributed by atoms with Gasteiger partial charge in [0, 0.05) is 9.75 Å². The third-order valence-electron chi connectivity index (χ3n) is 3.36. The van der Waals surface area contributed by atoms with Crippen LogP contribution in [0.5, 0.6) is 0 Å². The van der Waals surface area contributed by atoms with E-state index >= 15 is 0 Å². The Balaban J connectivity index is 2.18. The van der Waals surface area contributed by atoms with Gasteiger partial charge in [-0.2, -0.15) is 0 Å². The fourth-order valence-corrected chi connectivity index (χ4v) is 3.53. The lowest BCUT2D eigenvalue weighted by Crippen LogP contribution is -2.00. The van der Waals surface area contributed by atoms with Crippen LogP contribution in [0.3, 0.4) is 0 Å². The van der Waals surface area contributed by atoms with Crippen LogP contribution in [0.1, 0.15) is 15.3 Å². The Bertz CT molecular complexity index is 839. The highest BCUT2D eigenvalue weighted by Crippen LogP contribution is 2.25. The zero-order valence-electron chi connectivity index (χ0n) is 11.0. The largest absolute Gasteiger partial charge is 0.330 e. The van der Waals surface area contributed by atoms with Crippen molar-refractivity contribution in [2.75, 3.05) is 0 Å². The maximum atomic E-state index is 14.0. The number of rotatable bonds is 2. The molecule has 0 amide bonds. The molecule has 2 heterocycles. The van der Waals surface area contributed by atoms with Crippen LogP contribution in [-0.2, 0) is 6.54 Å². The normalized spacial score (nSPS) is 11.4. The summed E-state index contributed by atoms with van der Waals surface area (Å²) in [6.07, 6.45) is 0. The highest BCUT2D eigenvalue weighted by molar-refractivity contribution is 7.71. The first kappa shape index (κ1) is 13.5. The summed E-state index contributed by atoms with van der Waals surface area (Å²) in [7, 11) is 0. The number of halogens is 2. The van der Waals surface area contributed by atoms with Gasteiger partial charge >= 0.3 is 0 Å². The second-order valence-corrected chi connectivity index (χ2v) is 6.45. The standard InChI is InChI=1S/C14H12F2N2S2/c1-7-5-9(20-8(7)2)6-18-13-11(17-14(18)19)4-3-10(15)12(13)16/h3-5H,6H2,1-2H3,(H,17,19). The predicted octanol–water partition coefficient (Wildman–Crippen LogP) is 4.70. The Morgan fingerprint density at radius 3 is 2.70 bits per heavy atom. The molecule has 2 nitrogen and oxygen atoms in total. The molecule has 1 N–H and O–H groups in total. The van der Waals surface area contributed by atoms with E-state index < -0.39 is 11.6 Å². The van der Waals surface area contributed by atoms with Crippen molar-refractivity contribution in [3.05, 3.63) is 49.9 Å². The Kier molecular flexibility index (Phi) is 3.22. The van der Waals surface area contributed by atoms with Gasteiger partial charge in [-0.1, -0.05) is 0 Å². The minimum absolute atomic E-state index is 0.193. The third kappa shape index (κ3) is 2.09. The summed E-state index contributed by atoms with van der Waals surface area (Å²) in [6, 6.07) is 4.66. The van der Waals surface area contributed by atoms with E-state index in [1.54, 1.807) is 15.9 Å². The van der Waals surface area contributed by atoms with E-state index in [1.807, 2.05) is 13.8 Å². The molecule has 0 bridgehead atoms. The molecule has 0 saturated carbocycles. The molecule has 104 valence electrons. The number of benzene rings is 1. The van der Waals surface area contributed by atoms with Gasteiger partial charge < -0.3 is 9.55 Å². The van der Waals surface area contributed by atoms with Crippen molar-refractivity contribution >= 4 is 34.6 Å². The molecule has 0 atom stereocenters. The Morgan fingerprint density at radius 1 is 1.30 bits per heavy atom. The van der Waals surface area contributed by atoms with Crippen molar-refractivity contribution in [3.8, 4) is 0 Å². The lowest BCUT2D eigenvalue weighted by molar-refractivity contribution is 0.512. The Hall–Kier alpha value is -1.53. The molecule has 2 aromatic heterocycles. The molecular formula is C14H12F2N2S2. The zero-order chi connectivity index (χ0) is 14.4. The average molecular weight is 310 g/mol. The molecule has 0 aliphatic carbocycles.